The van der Waals surface area contributed by atoms with E-state index in [0.29, 0.717) is 16.5 Å². The van der Waals surface area contributed by atoms with E-state index in [4.69, 9.17) is 16.3 Å². The van der Waals surface area contributed by atoms with Gasteiger partial charge in [-0.1, -0.05) is 29.8 Å². The van der Waals surface area contributed by atoms with Crippen LogP contribution in [0, 0.1) is 17.2 Å². The number of allylic oxidation sites excluding steroid dienone is 2. The van der Waals surface area contributed by atoms with Gasteiger partial charge in [0.25, 0.3) is 0 Å². The van der Waals surface area contributed by atoms with Crippen LogP contribution in [0.15, 0.2) is 35.7 Å². The molecule has 1 aromatic carbocycles. The molecule has 0 bridgehead atoms. The third-order valence-corrected chi connectivity index (χ3v) is 4.09. The molecule has 1 N–H and O–H groups in total. The smallest absolute Gasteiger partial charge is 0.437 e. The zero-order chi connectivity index (χ0) is 16.3. The van der Waals surface area contributed by atoms with Crippen LogP contribution in [-0.2, 0) is 9.47 Å². The summed E-state index contributed by atoms with van der Waals surface area (Å²) in [5.41, 5.74) is 1.44. The predicted molar refractivity (Wildman–Crippen MR) is 82.1 cm³/mol. The van der Waals surface area contributed by atoms with Crippen LogP contribution in [0.2, 0.25) is 5.02 Å². The van der Waals surface area contributed by atoms with Crippen molar-refractivity contribution in [3.63, 3.8) is 0 Å². The first-order chi connectivity index (χ1) is 10.5. The van der Waals surface area contributed by atoms with E-state index < -0.39 is 18.0 Å². The number of benzene rings is 1. The lowest BCUT2D eigenvalue weighted by atomic mass is 9.78. The van der Waals surface area contributed by atoms with E-state index in [0.717, 1.165) is 5.56 Å². The van der Waals surface area contributed by atoms with Crippen molar-refractivity contribution in [2.45, 2.75) is 25.8 Å². The molecule has 1 aliphatic heterocycles. The largest absolute Gasteiger partial charge is 0.513 e. The number of halogens is 1. The Hall–Kier alpha value is -2.19. The number of hydrogen-bond acceptors (Lipinski definition) is 5. The summed E-state index contributed by atoms with van der Waals surface area (Å²) in [7, 11) is 1.24. The van der Waals surface area contributed by atoms with Gasteiger partial charge in [-0.25, -0.2) is 4.79 Å². The van der Waals surface area contributed by atoms with Gasteiger partial charge in [0, 0.05) is 16.8 Å². The molecule has 5 nitrogen and oxygen atoms in total. The van der Waals surface area contributed by atoms with E-state index >= 15 is 0 Å². The molecule has 2 rings (SSSR count). The van der Waals surface area contributed by atoms with Gasteiger partial charge in [0.1, 0.15) is 5.76 Å². The Kier molecular flexibility index (Phi) is 4.94. The fourth-order valence-electron chi connectivity index (χ4n) is 2.71. The maximum absolute atomic E-state index is 11.5. The van der Waals surface area contributed by atoms with Crippen LogP contribution in [0.5, 0.6) is 0 Å². The Morgan fingerprint density at radius 3 is 2.68 bits per heavy atom. The summed E-state index contributed by atoms with van der Waals surface area (Å²) >= 11 is 6.29. The van der Waals surface area contributed by atoms with Gasteiger partial charge in [0.2, 0.25) is 0 Å². The lowest BCUT2D eigenvalue weighted by molar-refractivity contribution is 0.0859. The average Bonchev–Trinajstić information content (AvgIpc) is 2.50. The standard InChI is InChI=1S/C16H17ClN2O3/c1-9-12(8-18)14(11-6-4-5-7-13(11)17)15(10(2)19-9)22-16(20)21-3/h4-7,9,12,14,19H,1-3H3. The molecule has 3 unspecified atom stereocenters. The molecule has 116 valence electrons. The van der Waals surface area contributed by atoms with Crippen LogP contribution < -0.4 is 5.32 Å². The second-order valence-electron chi connectivity index (χ2n) is 5.13. The fraction of sp³-hybridized carbons (Fsp3) is 0.375. The monoisotopic (exact) mass is 320 g/mol. The Morgan fingerprint density at radius 1 is 1.41 bits per heavy atom. The molecule has 0 radical (unpaired) electrons. The van der Waals surface area contributed by atoms with Crippen LogP contribution in [0.25, 0.3) is 0 Å². The molecule has 3 atom stereocenters. The van der Waals surface area contributed by atoms with E-state index in [9.17, 15) is 10.1 Å². The number of hydrogen-bond donors (Lipinski definition) is 1. The number of ether oxygens (including phenoxy) is 2. The number of nitrogens with zero attached hydrogens (tertiary/aromatic N) is 1. The number of rotatable bonds is 2. The highest BCUT2D eigenvalue weighted by molar-refractivity contribution is 6.31. The molecular formula is C16H17ClN2O3. The molecule has 0 aliphatic carbocycles. The van der Waals surface area contributed by atoms with Crippen molar-refractivity contribution in [3.05, 3.63) is 46.3 Å². The fourth-order valence-corrected chi connectivity index (χ4v) is 2.96. The normalized spacial score (nSPS) is 24.2. The van der Waals surface area contributed by atoms with Gasteiger partial charge < -0.3 is 14.8 Å². The van der Waals surface area contributed by atoms with Crippen LogP contribution in [0.3, 0.4) is 0 Å². The molecular weight excluding hydrogens is 304 g/mol. The van der Waals surface area contributed by atoms with Crippen molar-refractivity contribution < 1.29 is 14.3 Å². The first-order valence-corrected chi connectivity index (χ1v) is 7.24. The predicted octanol–water partition coefficient (Wildman–Crippen LogP) is 3.57. The summed E-state index contributed by atoms with van der Waals surface area (Å²) in [6, 6.07) is 9.43. The van der Waals surface area contributed by atoms with Crippen molar-refractivity contribution in [2.75, 3.05) is 7.11 Å². The minimum Gasteiger partial charge on any atom is -0.437 e. The number of carbonyl (C=O) groups is 1. The summed E-state index contributed by atoms with van der Waals surface area (Å²) in [4.78, 5) is 11.5. The van der Waals surface area contributed by atoms with Gasteiger partial charge in [-0.15, -0.1) is 0 Å². The molecule has 6 heteroatoms. The second-order valence-corrected chi connectivity index (χ2v) is 5.54. The quantitative estimate of drug-likeness (QED) is 0.843. The lowest BCUT2D eigenvalue weighted by Gasteiger charge is -2.36. The van der Waals surface area contributed by atoms with Gasteiger partial charge >= 0.3 is 6.16 Å². The van der Waals surface area contributed by atoms with Gasteiger partial charge in [0.15, 0.2) is 0 Å². The van der Waals surface area contributed by atoms with Gasteiger partial charge in [-0.2, -0.15) is 5.26 Å². The first kappa shape index (κ1) is 16.2. The summed E-state index contributed by atoms with van der Waals surface area (Å²) in [5, 5.41) is 13.2. The van der Waals surface area contributed by atoms with Crippen LogP contribution in [0.1, 0.15) is 25.3 Å². The van der Waals surface area contributed by atoms with Crippen molar-refractivity contribution in [1.29, 1.82) is 5.26 Å². The van der Waals surface area contributed by atoms with Crippen molar-refractivity contribution in [2.24, 2.45) is 5.92 Å². The van der Waals surface area contributed by atoms with Gasteiger partial charge in [0.05, 0.1) is 25.0 Å². The number of nitrogens with one attached hydrogen (secondary N) is 1. The molecule has 1 aliphatic rings. The van der Waals surface area contributed by atoms with Gasteiger partial charge in [-0.05, 0) is 25.5 Å². The first-order valence-electron chi connectivity index (χ1n) is 6.86. The van der Waals surface area contributed by atoms with Gasteiger partial charge in [-0.3, -0.25) is 0 Å². The van der Waals surface area contributed by atoms with Crippen molar-refractivity contribution in [1.82, 2.24) is 5.32 Å². The summed E-state index contributed by atoms with van der Waals surface area (Å²) < 4.78 is 9.87. The average molecular weight is 321 g/mol. The molecule has 0 saturated heterocycles. The molecule has 0 aromatic heterocycles. The van der Waals surface area contributed by atoms with Crippen LogP contribution in [-0.4, -0.2) is 19.3 Å². The lowest BCUT2D eigenvalue weighted by Crippen LogP contribution is -2.42. The highest BCUT2D eigenvalue weighted by atomic mass is 35.5. The van der Waals surface area contributed by atoms with Crippen LogP contribution in [0.4, 0.5) is 4.79 Å². The molecule has 0 saturated carbocycles. The topological polar surface area (TPSA) is 71.3 Å². The van der Waals surface area contributed by atoms with E-state index in [2.05, 4.69) is 16.1 Å². The molecule has 0 spiro atoms. The number of carbonyl (C=O) groups excluding carboxylic acids is 1. The molecule has 0 fully saturated rings. The van der Waals surface area contributed by atoms with Crippen LogP contribution >= 0.6 is 11.6 Å². The van der Waals surface area contributed by atoms with Crippen molar-refractivity contribution in [3.8, 4) is 6.07 Å². The summed E-state index contributed by atoms with van der Waals surface area (Å²) in [6.07, 6.45) is -0.820. The minimum absolute atomic E-state index is 0.101. The Balaban J connectivity index is 2.55. The Bertz CT molecular complexity index is 651. The maximum Gasteiger partial charge on any atom is 0.513 e. The second kappa shape index (κ2) is 6.71. The highest BCUT2D eigenvalue weighted by Gasteiger charge is 2.39. The van der Waals surface area contributed by atoms with E-state index in [1.807, 2.05) is 25.1 Å². The number of nitriles is 1. The third-order valence-electron chi connectivity index (χ3n) is 3.74. The zero-order valence-electron chi connectivity index (χ0n) is 12.6. The molecule has 1 heterocycles. The van der Waals surface area contributed by atoms with E-state index in [1.54, 1.807) is 13.0 Å². The maximum atomic E-state index is 11.5. The zero-order valence-corrected chi connectivity index (χ0v) is 13.3. The van der Waals surface area contributed by atoms with E-state index in [-0.39, 0.29) is 6.04 Å². The highest BCUT2D eigenvalue weighted by Crippen LogP contribution is 2.41. The molecule has 0 amide bonds. The number of methoxy groups -OCH3 is 1. The molecule has 1 aromatic rings. The van der Waals surface area contributed by atoms with Crippen molar-refractivity contribution >= 4 is 17.8 Å². The van der Waals surface area contributed by atoms with E-state index in [1.165, 1.54) is 7.11 Å². The Labute approximate surface area is 134 Å². The summed E-state index contributed by atoms with van der Waals surface area (Å²) in [5.74, 6) is -0.498. The summed E-state index contributed by atoms with van der Waals surface area (Å²) in [6.45, 7) is 3.71. The Morgan fingerprint density at radius 2 is 2.09 bits per heavy atom. The minimum atomic E-state index is -0.820. The third kappa shape index (κ3) is 3.02. The molecule has 22 heavy (non-hydrogen) atoms. The SMILES string of the molecule is COC(=O)OC1=C(C)NC(C)C(C#N)C1c1ccccc1Cl.